The monoisotopic (exact) mass is 193 g/mol. The number of aromatic hydroxyl groups is 1. The highest BCUT2D eigenvalue weighted by Gasteiger charge is 2.11. The third-order valence-electron chi connectivity index (χ3n) is 2.43. The first-order valence-electron chi connectivity index (χ1n) is 4.51. The Morgan fingerprint density at radius 2 is 2.14 bits per heavy atom. The Bertz CT molecular complexity index is 473. The highest BCUT2D eigenvalue weighted by molar-refractivity contribution is 5.85. The number of alkyl halides is 1. The Morgan fingerprint density at radius 3 is 2.79 bits per heavy atom. The zero-order valence-electron chi connectivity index (χ0n) is 8.16. The molecule has 1 heterocycles. The maximum atomic E-state index is 13.2. The van der Waals surface area contributed by atoms with E-state index < -0.39 is 6.17 Å². The molecule has 0 fully saturated rings. The van der Waals surface area contributed by atoms with Crippen LogP contribution in [0.5, 0.6) is 5.75 Å². The molecule has 2 aromatic rings. The van der Waals surface area contributed by atoms with E-state index in [1.54, 1.807) is 24.4 Å². The normalized spacial score (nSPS) is 13.4. The average molecular weight is 193 g/mol. The van der Waals surface area contributed by atoms with Gasteiger partial charge in [0, 0.05) is 30.3 Å². The van der Waals surface area contributed by atoms with Crippen LogP contribution >= 0.6 is 0 Å². The summed E-state index contributed by atoms with van der Waals surface area (Å²) in [6.45, 7) is 1.52. The van der Waals surface area contributed by atoms with Gasteiger partial charge in [-0.05, 0) is 19.1 Å². The van der Waals surface area contributed by atoms with E-state index in [-0.39, 0.29) is 5.75 Å². The molecular formula is C11H12FNO. The third kappa shape index (κ3) is 1.25. The number of benzene rings is 1. The van der Waals surface area contributed by atoms with Crippen molar-refractivity contribution in [3.8, 4) is 5.75 Å². The van der Waals surface area contributed by atoms with E-state index in [1.807, 2.05) is 11.6 Å². The molecule has 0 aliphatic carbocycles. The van der Waals surface area contributed by atoms with Gasteiger partial charge in [-0.25, -0.2) is 4.39 Å². The number of fused-ring (bicyclic) bond motifs is 1. The van der Waals surface area contributed by atoms with Gasteiger partial charge in [0.1, 0.15) is 11.9 Å². The molecule has 1 aromatic heterocycles. The summed E-state index contributed by atoms with van der Waals surface area (Å²) in [5.41, 5.74) is 1.52. The third-order valence-corrected chi connectivity index (χ3v) is 2.43. The fourth-order valence-electron chi connectivity index (χ4n) is 1.72. The zero-order chi connectivity index (χ0) is 10.3. The van der Waals surface area contributed by atoms with E-state index in [4.69, 9.17) is 0 Å². The van der Waals surface area contributed by atoms with E-state index >= 15 is 0 Å². The summed E-state index contributed by atoms with van der Waals surface area (Å²) in [7, 11) is 1.84. The van der Waals surface area contributed by atoms with Crippen molar-refractivity contribution in [1.29, 1.82) is 0 Å². The highest BCUT2D eigenvalue weighted by atomic mass is 19.1. The second kappa shape index (κ2) is 3.01. The highest BCUT2D eigenvalue weighted by Crippen LogP contribution is 2.29. The van der Waals surface area contributed by atoms with Crippen LogP contribution in [0.3, 0.4) is 0 Å². The molecule has 0 bridgehead atoms. The number of phenolic OH excluding ortho intramolecular Hbond substituents is 1. The smallest absolute Gasteiger partial charge is 0.124 e. The van der Waals surface area contributed by atoms with Crippen molar-refractivity contribution in [2.24, 2.45) is 7.05 Å². The van der Waals surface area contributed by atoms with Crippen molar-refractivity contribution in [1.82, 2.24) is 4.57 Å². The molecule has 1 unspecified atom stereocenters. The average Bonchev–Trinajstić information content (AvgIpc) is 2.44. The number of nitrogens with zero attached hydrogens (tertiary/aromatic N) is 1. The van der Waals surface area contributed by atoms with Gasteiger partial charge in [-0.1, -0.05) is 0 Å². The molecule has 14 heavy (non-hydrogen) atoms. The van der Waals surface area contributed by atoms with Crippen LogP contribution in [0, 0.1) is 0 Å². The predicted octanol–water partition coefficient (Wildman–Crippen LogP) is 2.91. The number of hydrogen-bond acceptors (Lipinski definition) is 1. The summed E-state index contributed by atoms with van der Waals surface area (Å²) in [6, 6.07) is 4.96. The lowest BCUT2D eigenvalue weighted by atomic mass is 10.1. The van der Waals surface area contributed by atoms with Crippen LogP contribution < -0.4 is 0 Å². The van der Waals surface area contributed by atoms with E-state index in [0.717, 1.165) is 10.9 Å². The topological polar surface area (TPSA) is 25.2 Å². The lowest BCUT2D eigenvalue weighted by Gasteiger charge is -1.98. The summed E-state index contributed by atoms with van der Waals surface area (Å²) in [6.07, 6.45) is 0.776. The Balaban J connectivity index is 2.77. The Labute approximate surface area is 81.6 Å². The van der Waals surface area contributed by atoms with Crippen LogP contribution in [0.15, 0.2) is 24.4 Å². The van der Waals surface area contributed by atoms with Gasteiger partial charge in [0.15, 0.2) is 0 Å². The lowest BCUT2D eigenvalue weighted by Crippen LogP contribution is -1.83. The molecule has 2 nitrogen and oxygen atoms in total. The largest absolute Gasteiger partial charge is 0.508 e. The van der Waals surface area contributed by atoms with Gasteiger partial charge in [0.2, 0.25) is 0 Å². The number of aryl methyl sites for hydroxylation is 1. The van der Waals surface area contributed by atoms with Crippen LogP contribution in [-0.4, -0.2) is 9.67 Å². The molecule has 0 saturated carbocycles. The van der Waals surface area contributed by atoms with Gasteiger partial charge in [-0.3, -0.25) is 0 Å². The number of phenols is 1. The molecule has 2 rings (SSSR count). The van der Waals surface area contributed by atoms with E-state index in [9.17, 15) is 9.50 Å². The minimum atomic E-state index is -0.983. The molecule has 0 amide bonds. The quantitative estimate of drug-likeness (QED) is 0.740. The van der Waals surface area contributed by atoms with E-state index in [0.29, 0.717) is 5.56 Å². The number of aromatic nitrogens is 1. The summed E-state index contributed by atoms with van der Waals surface area (Å²) in [4.78, 5) is 0. The van der Waals surface area contributed by atoms with E-state index in [2.05, 4.69) is 0 Å². The van der Waals surface area contributed by atoms with Crippen molar-refractivity contribution >= 4 is 10.9 Å². The second-order valence-corrected chi connectivity index (χ2v) is 3.51. The van der Waals surface area contributed by atoms with Gasteiger partial charge in [-0.15, -0.1) is 0 Å². The predicted molar refractivity (Wildman–Crippen MR) is 54.1 cm³/mol. The Morgan fingerprint density at radius 1 is 1.43 bits per heavy atom. The van der Waals surface area contributed by atoms with Gasteiger partial charge in [0.05, 0.1) is 5.52 Å². The molecule has 0 radical (unpaired) electrons. The molecular weight excluding hydrogens is 181 g/mol. The summed E-state index contributed by atoms with van der Waals surface area (Å²) >= 11 is 0. The first-order chi connectivity index (χ1) is 6.59. The zero-order valence-corrected chi connectivity index (χ0v) is 8.16. The molecule has 0 aliphatic rings. The molecule has 0 saturated heterocycles. The molecule has 1 N–H and O–H groups in total. The van der Waals surface area contributed by atoms with Crippen molar-refractivity contribution in [2.75, 3.05) is 0 Å². The van der Waals surface area contributed by atoms with Gasteiger partial charge < -0.3 is 9.67 Å². The number of hydrogen-bond donors (Lipinski definition) is 1. The minimum absolute atomic E-state index is 0.205. The van der Waals surface area contributed by atoms with Crippen molar-refractivity contribution in [3.05, 3.63) is 30.0 Å². The molecule has 74 valence electrons. The van der Waals surface area contributed by atoms with Gasteiger partial charge in [-0.2, -0.15) is 0 Å². The van der Waals surface area contributed by atoms with Crippen molar-refractivity contribution < 1.29 is 9.50 Å². The van der Waals surface area contributed by atoms with Crippen LogP contribution in [-0.2, 0) is 7.05 Å². The molecule has 1 aromatic carbocycles. The summed E-state index contributed by atoms with van der Waals surface area (Å²) in [5, 5.41) is 10.2. The summed E-state index contributed by atoms with van der Waals surface area (Å²) < 4.78 is 15.0. The molecule has 0 aliphatic heterocycles. The molecule has 0 spiro atoms. The SMILES string of the molecule is CC(F)c1cn(C)c2cc(O)ccc12. The standard InChI is InChI=1S/C11H12FNO/c1-7(12)10-6-13(2)11-5-8(14)3-4-9(10)11/h3-7,14H,1-2H3. The number of halogens is 1. The second-order valence-electron chi connectivity index (χ2n) is 3.51. The first kappa shape index (κ1) is 9.06. The first-order valence-corrected chi connectivity index (χ1v) is 4.51. The van der Waals surface area contributed by atoms with Crippen LogP contribution in [0.2, 0.25) is 0 Å². The lowest BCUT2D eigenvalue weighted by molar-refractivity contribution is 0.376. The maximum Gasteiger partial charge on any atom is 0.124 e. The van der Waals surface area contributed by atoms with Gasteiger partial charge >= 0.3 is 0 Å². The maximum absolute atomic E-state index is 13.2. The number of rotatable bonds is 1. The fraction of sp³-hybridized carbons (Fsp3) is 0.273. The van der Waals surface area contributed by atoms with E-state index in [1.165, 1.54) is 6.92 Å². The van der Waals surface area contributed by atoms with Crippen molar-refractivity contribution in [2.45, 2.75) is 13.1 Å². The van der Waals surface area contributed by atoms with Crippen LogP contribution in [0.25, 0.3) is 10.9 Å². The fourth-order valence-corrected chi connectivity index (χ4v) is 1.72. The van der Waals surface area contributed by atoms with Crippen LogP contribution in [0.1, 0.15) is 18.7 Å². The minimum Gasteiger partial charge on any atom is -0.508 e. The van der Waals surface area contributed by atoms with Crippen LogP contribution in [0.4, 0.5) is 4.39 Å². The summed E-state index contributed by atoms with van der Waals surface area (Å²) in [5.74, 6) is 0.205. The molecule has 1 atom stereocenters. The Hall–Kier alpha value is -1.51. The molecule has 3 heteroatoms. The Kier molecular flexibility index (Phi) is 1.95. The van der Waals surface area contributed by atoms with Gasteiger partial charge in [0.25, 0.3) is 0 Å². The van der Waals surface area contributed by atoms with Crippen molar-refractivity contribution in [3.63, 3.8) is 0 Å².